The Morgan fingerprint density at radius 3 is 2.54 bits per heavy atom. The maximum atomic E-state index is 12.4. The highest BCUT2D eigenvalue weighted by atomic mass is 35.5. The molecule has 2 saturated heterocycles. The fourth-order valence-corrected chi connectivity index (χ4v) is 3.43. The highest BCUT2D eigenvalue weighted by Gasteiger charge is 2.38. The molecule has 1 amide bonds. The van der Waals surface area contributed by atoms with Crippen LogP contribution in [0, 0.1) is 11.8 Å². The van der Waals surface area contributed by atoms with Crippen molar-refractivity contribution in [1.82, 2.24) is 30.4 Å². The van der Waals surface area contributed by atoms with Crippen molar-refractivity contribution in [3.8, 4) is 11.4 Å². The third-order valence-electron chi connectivity index (χ3n) is 4.57. The maximum absolute atomic E-state index is 12.4. The molecule has 2 fully saturated rings. The molecule has 3 heterocycles. The Kier molecular flexibility index (Phi) is 5.03. The molecular formula is C15H18Cl2N6O. The topological polar surface area (TPSA) is 75.9 Å². The normalized spacial score (nSPS) is 22.3. The molecule has 0 saturated carbocycles. The van der Waals surface area contributed by atoms with E-state index in [0.29, 0.717) is 22.7 Å². The van der Waals surface area contributed by atoms with Crippen LogP contribution in [0.5, 0.6) is 0 Å². The molecule has 0 bridgehead atoms. The van der Waals surface area contributed by atoms with Crippen LogP contribution in [0.3, 0.4) is 0 Å². The molecule has 1 aromatic carbocycles. The number of carbonyl (C=O) groups excluding carboxylic acids is 1. The summed E-state index contributed by atoms with van der Waals surface area (Å²) in [5.41, 5.74) is 0.829. The lowest BCUT2D eigenvalue weighted by Crippen LogP contribution is -2.34. The second-order valence-corrected chi connectivity index (χ2v) is 6.56. The number of hydrogen-bond donors (Lipinski definition) is 1. The Morgan fingerprint density at radius 2 is 1.88 bits per heavy atom. The monoisotopic (exact) mass is 368 g/mol. The fourth-order valence-electron chi connectivity index (χ4n) is 3.30. The lowest BCUT2D eigenvalue weighted by atomic mass is 10.0. The SMILES string of the molecule is Cl.O=C(Cn1nnc(-c2ccc(Cl)cc2)n1)N1C[C@H]2CNC[C@H]2C1. The van der Waals surface area contributed by atoms with E-state index in [4.69, 9.17) is 11.6 Å². The molecule has 0 radical (unpaired) electrons. The molecule has 2 atom stereocenters. The second kappa shape index (κ2) is 7.04. The van der Waals surface area contributed by atoms with Gasteiger partial charge in [-0.3, -0.25) is 4.79 Å². The molecule has 0 unspecified atom stereocenters. The summed E-state index contributed by atoms with van der Waals surface area (Å²) in [5.74, 6) is 1.73. The summed E-state index contributed by atoms with van der Waals surface area (Å²) in [7, 11) is 0. The maximum Gasteiger partial charge on any atom is 0.246 e. The van der Waals surface area contributed by atoms with Gasteiger partial charge in [-0.15, -0.1) is 22.6 Å². The molecule has 9 heteroatoms. The lowest BCUT2D eigenvalue weighted by Gasteiger charge is -2.16. The van der Waals surface area contributed by atoms with Crippen LogP contribution < -0.4 is 5.32 Å². The highest BCUT2D eigenvalue weighted by Crippen LogP contribution is 2.26. The molecule has 2 aromatic rings. The molecule has 2 aliphatic heterocycles. The van der Waals surface area contributed by atoms with Crippen LogP contribution in [0.2, 0.25) is 5.02 Å². The van der Waals surface area contributed by atoms with Crippen molar-refractivity contribution in [3.05, 3.63) is 29.3 Å². The molecule has 0 aliphatic carbocycles. The number of nitrogens with zero attached hydrogens (tertiary/aromatic N) is 5. The van der Waals surface area contributed by atoms with E-state index in [1.54, 1.807) is 12.1 Å². The van der Waals surface area contributed by atoms with E-state index >= 15 is 0 Å². The van der Waals surface area contributed by atoms with Crippen molar-refractivity contribution in [2.24, 2.45) is 11.8 Å². The minimum Gasteiger partial charge on any atom is -0.340 e. The van der Waals surface area contributed by atoms with Crippen LogP contribution >= 0.6 is 24.0 Å². The zero-order valence-corrected chi connectivity index (χ0v) is 14.5. The van der Waals surface area contributed by atoms with Crippen molar-refractivity contribution in [2.45, 2.75) is 6.54 Å². The number of halogens is 2. The number of tetrazole rings is 1. The largest absolute Gasteiger partial charge is 0.340 e. The van der Waals surface area contributed by atoms with Gasteiger partial charge >= 0.3 is 0 Å². The Balaban J connectivity index is 0.00000169. The van der Waals surface area contributed by atoms with E-state index in [-0.39, 0.29) is 24.9 Å². The summed E-state index contributed by atoms with van der Waals surface area (Å²) in [4.78, 5) is 15.7. The summed E-state index contributed by atoms with van der Waals surface area (Å²) in [6.07, 6.45) is 0. The lowest BCUT2D eigenvalue weighted by molar-refractivity contribution is -0.131. The van der Waals surface area contributed by atoms with E-state index in [1.165, 1.54) is 4.80 Å². The van der Waals surface area contributed by atoms with Crippen LogP contribution in [-0.2, 0) is 11.3 Å². The predicted molar refractivity (Wildman–Crippen MR) is 91.9 cm³/mol. The van der Waals surface area contributed by atoms with E-state index < -0.39 is 0 Å². The summed E-state index contributed by atoms with van der Waals surface area (Å²) in [6.45, 7) is 3.81. The molecule has 2 aliphatic rings. The quantitative estimate of drug-likeness (QED) is 0.877. The number of carbonyl (C=O) groups is 1. The Bertz CT molecular complexity index is 707. The minimum absolute atomic E-state index is 0. The summed E-state index contributed by atoms with van der Waals surface area (Å²) in [6, 6.07) is 7.22. The molecule has 7 nitrogen and oxygen atoms in total. The standard InChI is InChI=1S/C15H17ClN6O.ClH/c16-13-3-1-10(2-4-13)15-18-20-22(19-15)9-14(23)21-7-11-5-17-6-12(11)8-21;/h1-4,11-12,17H,5-9H2;1H/t11-,12+;. The van der Waals surface area contributed by atoms with E-state index in [2.05, 4.69) is 20.7 Å². The van der Waals surface area contributed by atoms with Gasteiger partial charge in [0.1, 0.15) is 6.54 Å². The van der Waals surface area contributed by atoms with Crippen LogP contribution in [0.25, 0.3) is 11.4 Å². The summed E-state index contributed by atoms with van der Waals surface area (Å²) in [5, 5.41) is 16.3. The predicted octanol–water partition coefficient (Wildman–Crippen LogP) is 1.09. The number of nitrogens with one attached hydrogen (secondary N) is 1. The van der Waals surface area contributed by atoms with Crippen LogP contribution in [-0.4, -0.2) is 57.2 Å². The Morgan fingerprint density at radius 1 is 1.21 bits per heavy atom. The van der Waals surface area contributed by atoms with E-state index in [0.717, 1.165) is 31.7 Å². The first-order chi connectivity index (χ1) is 11.2. The number of fused-ring (bicyclic) bond motifs is 1. The zero-order chi connectivity index (χ0) is 15.8. The van der Waals surface area contributed by atoms with Crippen molar-refractivity contribution >= 4 is 29.9 Å². The molecule has 128 valence electrons. The first-order valence-corrected chi connectivity index (χ1v) is 8.09. The van der Waals surface area contributed by atoms with Crippen molar-refractivity contribution in [3.63, 3.8) is 0 Å². The smallest absolute Gasteiger partial charge is 0.246 e. The molecule has 1 aromatic heterocycles. The van der Waals surface area contributed by atoms with Gasteiger partial charge in [0, 0.05) is 36.8 Å². The van der Waals surface area contributed by atoms with E-state index in [1.807, 2.05) is 17.0 Å². The first kappa shape index (κ1) is 17.1. The number of aromatic nitrogens is 4. The van der Waals surface area contributed by atoms with Crippen molar-refractivity contribution in [1.29, 1.82) is 0 Å². The molecule has 1 N–H and O–H groups in total. The van der Waals surface area contributed by atoms with E-state index in [9.17, 15) is 4.79 Å². The van der Waals surface area contributed by atoms with Gasteiger partial charge in [-0.1, -0.05) is 11.6 Å². The first-order valence-electron chi connectivity index (χ1n) is 7.71. The number of benzene rings is 1. The average Bonchev–Trinajstić information content (AvgIpc) is 3.22. The zero-order valence-electron chi connectivity index (χ0n) is 12.9. The Labute approximate surface area is 150 Å². The average molecular weight is 369 g/mol. The molecule has 4 rings (SSSR count). The van der Waals surface area contributed by atoms with Crippen LogP contribution in [0.1, 0.15) is 0 Å². The molecular weight excluding hydrogens is 351 g/mol. The van der Waals surface area contributed by atoms with Crippen LogP contribution in [0.15, 0.2) is 24.3 Å². The van der Waals surface area contributed by atoms with Crippen molar-refractivity contribution < 1.29 is 4.79 Å². The number of rotatable bonds is 3. The van der Waals surface area contributed by atoms with Gasteiger partial charge < -0.3 is 10.2 Å². The van der Waals surface area contributed by atoms with Crippen molar-refractivity contribution in [2.75, 3.05) is 26.2 Å². The van der Waals surface area contributed by atoms with Gasteiger partial charge in [-0.05, 0) is 41.3 Å². The molecule has 0 spiro atoms. The van der Waals surface area contributed by atoms with Gasteiger partial charge in [-0.25, -0.2) is 0 Å². The minimum atomic E-state index is 0. The van der Waals surface area contributed by atoms with Crippen LogP contribution in [0.4, 0.5) is 0 Å². The molecule has 24 heavy (non-hydrogen) atoms. The fraction of sp³-hybridized carbons (Fsp3) is 0.467. The van der Waals surface area contributed by atoms with Gasteiger partial charge in [0.15, 0.2) is 0 Å². The summed E-state index contributed by atoms with van der Waals surface area (Å²) < 4.78 is 0. The second-order valence-electron chi connectivity index (χ2n) is 6.13. The van der Waals surface area contributed by atoms with Gasteiger partial charge in [-0.2, -0.15) is 4.80 Å². The summed E-state index contributed by atoms with van der Waals surface area (Å²) >= 11 is 5.87. The number of hydrogen-bond acceptors (Lipinski definition) is 5. The number of likely N-dealkylation sites (tertiary alicyclic amines) is 1. The van der Waals surface area contributed by atoms with Gasteiger partial charge in [0.2, 0.25) is 11.7 Å². The van der Waals surface area contributed by atoms with Gasteiger partial charge in [0.05, 0.1) is 0 Å². The Hall–Kier alpha value is -1.70. The van der Waals surface area contributed by atoms with Gasteiger partial charge in [0.25, 0.3) is 0 Å². The third kappa shape index (κ3) is 3.38. The third-order valence-corrected chi connectivity index (χ3v) is 4.83. The number of amides is 1. The highest BCUT2D eigenvalue weighted by molar-refractivity contribution is 6.30.